The second-order valence-corrected chi connectivity index (χ2v) is 5.84. The normalized spacial score (nSPS) is 18.7. The summed E-state index contributed by atoms with van der Waals surface area (Å²) in [4.78, 5) is 0. The van der Waals surface area contributed by atoms with Crippen LogP contribution >= 0.6 is 0 Å². The summed E-state index contributed by atoms with van der Waals surface area (Å²) in [5.74, 6) is 0.287. The van der Waals surface area contributed by atoms with E-state index in [-0.39, 0.29) is 18.3 Å². The molecule has 0 saturated carbocycles. The molecule has 0 amide bonds. The number of benzene rings is 2. The molecule has 0 aliphatic carbocycles. The van der Waals surface area contributed by atoms with Crippen LogP contribution < -0.4 is 5.46 Å². The number of rotatable bonds is 1. The van der Waals surface area contributed by atoms with E-state index < -0.39 is 0 Å². The molecule has 19 heavy (non-hydrogen) atoms. The Bertz CT molecular complexity index is 599. The first kappa shape index (κ1) is 12.5. The van der Waals surface area contributed by atoms with Crippen molar-refractivity contribution in [2.75, 3.05) is 13.2 Å². The average Bonchev–Trinajstić information content (AvgIpc) is 2.39. The van der Waals surface area contributed by atoms with E-state index in [0.29, 0.717) is 13.2 Å². The molecule has 1 N–H and O–H groups in total. The van der Waals surface area contributed by atoms with Crippen molar-refractivity contribution in [2.45, 2.75) is 13.8 Å². The Balaban J connectivity index is 2.00. The van der Waals surface area contributed by atoms with E-state index in [9.17, 15) is 5.11 Å². The third-order valence-electron chi connectivity index (χ3n) is 3.44. The van der Waals surface area contributed by atoms with E-state index in [4.69, 9.17) is 9.31 Å². The highest BCUT2D eigenvalue weighted by atomic mass is 16.6. The van der Waals surface area contributed by atoms with E-state index in [1.54, 1.807) is 6.07 Å². The number of hydrogen-bond acceptors (Lipinski definition) is 3. The molecule has 4 heteroatoms. The lowest BCUT2D eigenvalue weighted by Crippen LogP contribution is -2.47. The third kappa shape index (κ3) is 2.34. The monoisotopic (exact) mass is 256 g/mol. The van der Waals surface area contributed by atoms with Crippen molar-refractivity contribution in [2.24, 2.45) is 5.41 Å². The summed E-state index contributed by atoms with van der Waals surface area (Å²) in [7, 11) is -0.349. The maximum absolute atomic E-state index is 9.90. The van der Waals surface area contributed by atoms with E-state index >= 15 is 0 Å². The van der Waals surface area contributed by atoms with Crippen LogP contribution in [0.1, 0.15) is 13.8 Å². The van der Waals surface area contributed by atoms with Gasteiger partial charge in [0, 0.05) is 24.0 Å². The first-order chi connectivity index (χ1) is 9.07. The topological polar surface area (TPSA) is 38.7 Å². The van der Waals surface area contributed by atoms with Gasteiger partial charge in [0.05, 0.1) is 0 Å². The highest BCUT2D eigenvalue weighted by Gasteiger charge is 2.34. The Hall–Kier alpha value is -1.52. The van der Waals surface area contributed by atoms with Gasteiger partial charge in [-0.2, -0.15) is 0 Å². The molecule has 1 saturated heterocycles. The van der Waals surface area contributed by atoms with Gasteiger partial charge in [-0.25, -0.2) is 0 Å². The fourth-order valence-corrected chi connectivity index (χ4v) is 2.40. The number of phenols is 1. The smallest absolute Gasteiger partial charge is 0.494 e. The zero-order valence-electron chi connectivity index (χ0n) is 11.2. The van der Waals surface area contributed by atoms with Crippen LogP contribution in [0.5, 0.6) is 5.75 Å². The molecule has 1 aliphatic rings. The maximum atomic E-state index is 9.90. The molecular formula is C15H17BO3. The fourth-order valence-electron chi connectivity index (χ4n) is 2.40. The molecule has 3 nitrogen and oxygen atoms in total. The minimum absolute atomic E-state index is 0.0588. The van der Waals surface area contributed by atoms with E-state index in [0.717, 1.165) is 16.2 Å². The Morgan fingerprint density at radius 3 is 2.37 bits per heavy atom. The predicted octanol–water partition coefficient (Wildman–Crippen LogP) is 2.31. The first-order valence-electron chi connectivity index (χ1n) is 6.51. The van der Waals surface area contributed by atoms with Crippen LogP contribution in [-0.4, -0.2) is 25.4 Å². The van der Waals surface area contributed by atoms with Gasteiger partial charge < -0.3 is 14.4 Å². The first-order valence-corrected chi connectivity index (χ1v) is 6.51. The van der Waals surface area contributed by atoms with Crippen molar-refractivity contribution in [3.8, 4) is 5.75 Å². The standard InChI is InChI=1S/C15H17BO3/c1-15(2)9-18-16(19-10-15)13-7-3-6-12-11(13)5-4-8-14(12)17/h3-8,17H,9-10H2,1-2H3. The second-order valence-electron chi connectivity index (χ2n) is 5.84. The van der Waals surface area contributed by atoms with Gasteiger partial charge >= 0.3 is 7.12 Å². The molecular weight excluding hydrogens is 239 g/mol. The molecule has 0 spiro atoms. The summed E-state index contributed by atoms with van der Waals surface area (Å²) < 4.78 is 11.6. The third-order valence-corrected chi connectivity index (χ3v) is 3.44. The molecule has 0 atom stereocenters. The SMILES string of the molecule is CC1(C)COB(c2cccc3c(O)cccc23)OC1. The van der Waals surface area contributed by atoms with Crippen LogP contribution in [0.4, 0.5) is 0 Å². The minimum atomic E-state index is -0.349. The second kappa shape index (κ2) is 4.55. The van der Waals surface area contributed by atoms with Gasteiger partial charge in [-0.05, 0) is 16.9 Å². The lowest BCUT2D eigenvalue weighted by atomic mass is 9.73. The maximum Gasteiger partial charge on any atom is 0.494 e. The van der Waals surface area contributed by atoms with E-state index in [2.05, 4.69) is 13.8 Å². The van der Waals surface area contributed by atoms with Gasteiger partial charge in [-0.3, -0.25) is 0 Å². The molecule has 1 aliphatic heterocycles. The van der Waals surface area contributed by atoms with Crippen LogP contribution in [0.3, 0.4) is 0 Å². The van der Waals surface area contributed by atoms with Crippen LogP contribution in [0, 0.1) is 5.41 Å². The number of phenolic OH excluding ortho intramolecular Hbond substituents is 1. The van der Waals surface area contributed by atoms with Gasteiger partial charge in [0.15, 0.2) is 0 Å². The molecule has 98 valence electrons. The summed E-state index contributed by atoms with van der Waals surface area (Å²) in [6.07, 6.45) is 0. The summed E-state index contributed by atoms with van der Waals surface area (Å²) in [5.41, 5.74) is 1.03. The summed E-state index contributed by atoms with van der Waals surface area (Å²) in [5, 5.41) is 11.7. The zero-order valence-corrected chi connectivity index (χ0v) is 11.2. The minimum Gasteiger partial charge on any atom is -0.507 e. The van der Waals surface area contributed by atoms with Crippen LogP contribution in [0.25, 0.3) is 10.8 Å². The molecule has 2 aromatic carbocycles. The van der Waals surface area contributed by atoms with Crippen molar-refractivity contribution in [1.82, 2.24) is 0 Å². The fraction of sp³-hybridized carbons (Fsp3) is 0.333. The van der Waals surface area contributed by atoms with Gasteiger partial charge in [-0.1, -0.05) is 44.2 Å². The molecule has 0 bridgehead atoms. The molecule has 0 unspecified atom stereocenters. The Kier molecular flexibility index (Phi) is 2.99. The van der Waals surface area contributed by atoms with E-state index in [1.165, 1.54) is 0 Å². The number of aromatic hydroxyl groups is 1. The summed E-state index contributed by atoms with van der Waals surface area (Å²) >= 11 is 0. The van der Waals surface area contributed by atoms with Crippen LogP contribution in [-0.2, 0) is 9.31 Å². The average molecular weight is 256 g/mol. The summed E-state index contributed by atoms with van der Waals surface area (Å²) in [6, 6.07) is 11.3. The van der Waals surface area contributed by atoms with Gasteiger partial charge in [0.25, 0.3) is 0 Å². The molecule has 2 aromatic rings. The molecule has 3 rings (SSSR count). The highest BCUT2D eigenvalue weighted by Crippen LogP contribution is 2.25. The molecule has 1 heterocycles. The van der Waals surface area contributed by atoms with Gasteiger partial charge in [0.1, 0.15) is 5.75 Å². The number of hydrogen-bond donors (Lipinski definition) is 1. The van der Waals surface area contributed by atoms with Crippen molar-refractivity contribution in [3.63, 3.8) is 0 Å². The van der Waals surface area contributed by atoms with Gasteiger partial charge in [-0.15, -0.1) is 0 Å². The molecule has 0 aromatic heterocycles. The number of fused-ring (bicyclic) bond motifs is 1. The lowest BCUT2D eigenvalue weighted by molar-refractivity contribution is 0.0344. The Morgan fingerprint density at radius 1 is 1.00 bits per heavy atom. The van der Waals surface area contributed by atoms with Gasteiger partial charge in [0.2, 0.25) is 0 Å². The van der Waals surface area contributed by atoms with E-state index in [1.807, 2.05) is 30.3 Å². The van der Waals surface area contributed by atoms with Crippen molar-refractivity contribution in [3.05, 3.63) is 36.4 Å². The molecule has 0 radical (unpaired) electrons. The molecule has 1 fully saturated rings. The van der Waals surface area contributed by atoms with Crippen LogP contribution in [0.15, 0.2) is 36.4 Å². The highest BCUT2D eigenvalue weighted by molar-refractivity contribution is 6.64. The summed E-state index contributed by atoms with van der Waals surface area (Å²) in [6.45, 7) is 5.59. The van der Waals surface area contributed by atoms with Crippen molar-refractivity contribution >= 4 is 23.4 Å². The zero-order chi connectivity index (χ0) is 13.5. The predicted molar refractivity (Wildman–Crippen MR) is 76.7 cm³/mol. The largest absolute Gasteiger partial charge is 0.507 e. The van der Waals surface area contributed by atoms with Crippen molar-refractivity contribution in [1.29, 1.82) is 0 Å². The quantitative estimate of drug-likeness (QED) is 0.796. The Morgan fingerprint density at radius 2 is 1.63 bits per heavy atom. The Labute approximate surface area is 113 Å². The van der Waals surface area contributed by atoms with Crippen LogP contribution in [0.2, 0.25) is 0 Å². The lowest BCUT2D eigenvalue weighted by Gasteiger charge is -2.33. The van der Waals surface area contributed by atoms with Crippen molar-refractivity contribution < 1.29 is 14.4 Å².